The Morgan fingerprint density at radius 2 is 2.18 bits per heavy atom. The summed E-state index contributed by atoms with van der Waals surface area (Å²) in [5, 5.41) is 25.4. The first kappa shape index (κ1) is 23.8. The number of fused-ring (bicyclic) bond motifs is 1. The molecule has 34 heavy (non-hydrogen) atoms. The number of carboxylic acids is 1. The first-order valence-electron chi connectivity index (χ1n) is 9.58. The van der Waals surface area contributed by atoms with Crippen molar-refractivity contribution in [2.75, 3.05) is 17.2 Å². The molecule has 2 amide bonds. The number of thioether (sulfide) groups is 2. The average Bonchev–Trinajstić information content (AvgIpc) is 3.20. The SMILES string of the molecule is Cc1cc(SCC2=C(C(=O)O)N3C(=O)[C@@H](NC(=O)/C(=N\O)c4csc(N)n4)[C@H]3SC2)cc(=O)o1. The number of β-lactam (4-membered cyclic amide) rings is 1. The summed E-state index contributed by atoms with van der Waals surface area (Å²) in [5.74, 6) is -1.72. The third-order valence-corrected chi connectivity index (χ3v) is 7.97. The van der Waals surface area contributed by atoms with Crippen LogP contribution in [0.5, 0.6) is 0 Å². The number of aliphatic carboxylic acids is 1. The van der Waals surface area contributed by atoms with Gasteiger partial charge in [0.15, 0.2) is 10.8 Å². The van der Waals surface area contributed by atoms with E-state index in [4.69, 9.17) is 10.2 Å². The number of aryl methyl sites for hydroxylation is 1. The molecule has 0 radical (unpaired) electrons. The van der Waals surface area contributed by atoms with Crippen molar-refractivity contribution < 1.29 is 29.1 Å². The van der Waals surface area contributed by atoms with Crippen molar-refractivity contribution in [2.45, 2.75) is 23.2 Å². The Balaban J connectivity index is 1.49. The molecule has 0 bridgehead atoms. The summed E-state index contributed by atoms with van der Waals surface area (Å²) in [6.07, 6.45) is 0. The quantitative estimate of drug-likeness (QED) is 0.131. The van der Waals surface area contributed by atoms with Crippen molar-refractivity contribution >= 4 is 63.5 Å². The molecule has 1 fully saturated rings. The Kier molecular flexibility index (Phi) is 6.67. The number of hydrogen-bond acceptors (Lipinski definition) is 12. The zero-order valence-electron chi connectivity index (χ0n) is 17.4. The highest BCUT2D eigenvalue weighted by atomic mass is 32.2. The number of aromatic nitrogens is 1. The molecule has 1 saturated heterocycles. The van der Waals surface area contributed by atoms with Gasteiger partial charge in [0.2, 0.25) is 0 Å². The number of rotatable bonds is 7. The fourth-order valence-corrected chi connectivity index (χ4v) is 6.47. The van der Waals surface area contributed by atoms with Gasteiger partial charge in [-0.3, -0.25) is 14.5 Å². The second-order valence-corrected chi connectivity index (χ2v) is 10.2. The third-order valence-electron chi connectivity index (χ3n) is 4.90. The van der Waals surface area contributed by atoms with E-state index < -0.39 is 40.5 Å². The standard InChI is InChI=1S/C19H17N5O7S3/c1-7-2-9(3-11(25)31-7)32-4-8-5-33-17-13(16(27)24(17)14(8)18(28)29)22-15(26)12(23-30)10-6-34-19(20)21-10/h2-3,6,13,17,30H,4-5H2,1H3,(H2,20,21)(H,22,26)(H,28,29)/b23-12-/t13-,17-/m1/s1. The van der Waals surface area contributed by atoms with Gasteiger partial charge in [-0.05, 0) is 18.6 Å². The van der Waals surface area contributed by atoms with Crippen LogP contribution in [0, 0.1) is 6.92 Å². The number of carbonyl (C=O) groups excluding carboxylic acids is 2. The highest BCUT2D eigenvalue weighted by molar-refractivity contribution is 8.01. The number of nitrogens with zero attached hydrogens (tertiary/aromatic N) is 3. The molecular weight excluding hydrogens is 506 g/mol. The number of nitrogens with one attached hydrogen (secondary N) is 1. The summed E-state index contributed by atoms with van der Waals surface area (Å²) in [6, 6.07) is 1.98. The summed E-state index contributed by atoms with van der Waals surface area (Å²) in [6.45, 7) is 1.64. The lowest BCUT2D eigenvalue weighted by atomic mass is 10.0. The van der Waals surface area contributed by atoms with Crippen LogP contribution in [0.4, 0.5) is 5.13 Å². The molecular formula is C19H17N5O7S3. The topological polar surface area (TPSA) is 188 Å². The predicted molar refractivity (Wildman–Crippen MR) is 125 cm³/mol. The Morgan fingerprint density at radius 3 is 2.79 bits per heavy atom. The van der Waals surface area contributed by atoms with Gasteiger partial charge in [-0.2, -0.15) is 0 Å². The number of hydrogen-bond donors (Lipinski definition) is 4. The fraction of sp³-hybridized carbons (Fsp3) is 0.263. The Morgan fingerprint density at radius 1 is 1.41 bits per heavy atom. The van der Waals surface area contributed by atoms with Crippen LogP contribution in [-0.4, -0.2) is 66.6 Å². The Bertz CT molecular complexity index is 1300. The summed E-state index contributed by atoms with van der Waals surface area (Å²) < 4.78 is 4.92. The molecule has 2 atom stereocenters. The summed E-state index contributed by atoms with van der Waals surface area (Å²) >= 11 is 3.61. The smallest absolute Gasteiger partial charge is 0.352 e. The number of nitrogen functional groups attached to an aromatic ring is 1. The lowest BCUT2D eigenvalue weighted by Gasteiger charge is -2.49. The van der Waals surface area contributed by atoms with E-state index in [1.165, 1.54) is 35.0 Å². The van der Waals surface area contributed by atoms with Crippen molar-refractivity contribution in [3.8, 4) is 0 Å². The average molecular weight is 524 g/mol. The van der Waals surface area contributed by atoms with Gasteiger partial charge in [-0.15, -0.1) is 34.9 Å². The van der Waals surface area contributed by atoms with Crippen LogP contribution in [0.2, 0.25) is 0 Å². The predicted octanol–water partition coefficient (Wildman–Crippen LogP) is 0.696. The van der Waals surface area contributed by atoms with Gasteiger partial charge in [0.1, 0.15) is 28.6 Å². The monoisotopic (exact) mass is 523 g/mol. The number of amides is 2. The normalized spacial score (nSPS) is 20.1. The molecule has 15 heteroatoms. The molecule has 12 nitrogen and oxygen atoms in total. The number of nitrogens with two attached hydrogens (primary N) is 1. The lowest BCUT2D eigenvalue weighted by molar-refractivity contribution is -0.150. The zero-order valence-corrected chi connectivity index (χ0v) is 19.8. The molecule has 0 aromatic carbocycles. The number of carboxylic acid groups (broad SMARTS) is 1. The molecule has 2 aliphatic rings. The van der Waals surface area contributed by atoms with E-state index >= 15 is 0 Å². The zero-order chi connectivity index (χ0) is 24.6. The van der Waals surface area contributed by atoms with Crippen molar-refractivity contribution in [2.24, 2.45) is 5.16 Å². The van der Waals surface area contributed by atoms with Crippen LogP contribution in [0.1, 0.15) is 11.5 Å². The lowest BCUT2D eigenvalue weighted by Crippen LogP contribution is -2.71. The van der Waals surface area contributed by atoms with Crippen LogP contribution in [0.3, 0.4) is 0 Å². The molecule has 2 aromatic rings. The molecule has 0 spiro atoms. The number of anilines is 1. The number of thiazole rings is 1. The Hall–Kier alpha value is -3.30. The minimum atomic E-state index is -1.27. The molecule has 178 valence electrons. The minimum absolute atomic E-state index is 0.0537. The van der Waals surface area contributed by atoms with Crippen LogP contribution in [-0.2, 0) is 14.4 Å². The number of oxime groups is 1. The van der Waals surface area contributed by atoms with Gasteiger partial charge in [0.05, 0.1) is 0 Å². The van der Waals surface area contributed by atoms with Crippen molar-refractivity contribution in [3.05, 3.63) is 50.7 Å². The maximum Gasteiger partial charge on any atom is 0.352 e. The van der Waals surface area contributed by atoms with Crippen molar-refractivity contribution in [1.82, 2.24) is 15.2 Å². The molecule has 2 aliphatic heterocycles. The fourth-order valence-electron chi connectivity index (χ4n) is 3.44. The second kappa shape index (κ2) is 9.52. The van der Waals surface area contributed by atoms with Gasteiger partial charge in [0.25, 0.3) is 11.8 Å². The van der Waals surface area contributed by atoms with Gasteiger partial charge in [0, 0.05) is 27.8 Å². The van der Waals surface area contributed by atoms with E-state index in [1.54, 1.807) is 13.0 Å². The molecule has 4 rings (SSSR count). The minimum Gasteiger partial charge on any atom is -0.477 e. The maximum absolute atomic E-state index is 12.8. The Labute approximate surface area is 203 Å². The largest absolute Gasteiger partial charge is 0.477 e. The van der Waals surface area contributed by atoms with Crippen LogP contribution in [0.15, 0.2) is 48.0 Å². The molecule has 0 saturated carbocycles. The molecule has 2 aromatic heterocycles. The molecule has 4 heterocycles. The van der Waals surface area contributed by atoms with Gasteiger partial charge >= 0.3 is 11.6 Å². The van der Waals surface area contributed by atoms with Crippen LogP contribution < -0.4 is 16.7 Å². The maximum atomic E-state index is 12.8. The van der Waals surface area contributed by atoms with Crippen LogP contribution >= 0.6 is 34.9 Å². The highest BCUT2D eigenvalue weighted by Crippen LogP contribution is 2.41. The van der Waals surface area contributed by atoms with Gasteiger partial charge < -0.3 is 25.8 Å². The van der Waals surface area contributed by atoms with Gasteiger partial charge in [-0.1, -0.05) is 5.16 Å². The summed E-state index contributed by atoms with van der Waals surface area (Å²) in [5.41, 5.74) is 5.05. The number of carbonyl (C=O) groups is 3. The van der Waals surface area contributed by atoms with E-state index in [-0.39, 0.29) is 22.3 Å². The summed E-state index contributed by atoms with van der Waals surface area (Å²) in [7, 11) is 0. The van der Waals surface area contributed by atoms with E-state index in [9.17, 15) is 29.5 Å². The van der Waals surface area contributed by atoms with Crippen molar-refractivity contribution in [3.63, 3.8) is 0 Å². The first-order chi connectivity index (χ1) is 16.2. The molecule has 0 aliphatic carbocycles. The van der Waals surface area contributed by atoms with Gasteiger partial charge in [-0.25, -0.2) is 14.6 Å². The van der Waals surface area contributed by atoms with Crippen LogP contribution in [0.25, 0.3) is 0 Å². The highest BCUT2D eigenvalue weighted by Gasteiger charge is 2.54. The summed E-state index contributed by atoms with van der Waals surface area (Å²) in [4.78, 5) is 54.6. The van der Waals surface area contributed by atoms with E-state index in [2.05, 4.69) is 15.5 Å². The van der Waals surface area contributed by atoms with E-state index in [1.807, 2.05) is 0 Å². The first-order valence-corrected chi connectivity index (χ1v) is 12.5. The van der Waals surface area contributed by atoms with E-state index in [0.29, 0.717) is 22.0 Å². The molecule has 5 N–H and O–H groups in total. The van der Waals surface area contributed by atoms with E-state index in [0.717, 1.165) is 16.2 Å². The molecule has 0 unspecified atom stereocenters. The van der Waals surface area contributed by atoms with Crippen molar-refractivity contribution in [1.29, 1.82) is 0 Å². The third kappa shape index (κ3) is 4.53. The second-order valence-electron chi connectivity index (χ2n) is 7.15.